The third-order valence-electron chi connectivity index (χ3n) is 6.39. The molecule has 2 aromatic carbocycles. The molecule has 6 rings (SSSR count). The number of aryl methyl sites for hydroxylation is 1. The molecule has 3 heterocycles. The molecule has 172 valence electrons. The molecule has 8 nitrogen and oxygen atoms in total. The van der Waals surface area contributed by atoms with Crippen LogP contribution in [-0.4, -0.2) is 33.8 Å². The fourth-order valence-electron chi connectivity index (χ4n) is 4.78. The van der Waals surface area contributed by atoms with Gasteiger partial charge in [-0.3, -0.25) is 13.7 Å². The minimum atomic E-state index is -1.10. The van der Waals surface area contributed by atoms with Gasteiger partial charge in [0, 0.05) is 24.7 Å². The maximum atomic E-state index is 14.6. The second-order valence-corrected chi connectivity index (χ2v) is 8.34. The van der Waals surface area contributed by atoms with Gasteiger partial charge in [-0.1, -0.05) is 0 Å². The Labute approximate surface area is 189 Å². The maximum Gasteiger partial charge on any atom is 0.330 e. The summed E-state index contributed by atoms with van der Waals surface area (Å²) in [6.07, 6.45) is 2.27. The van der Waals surface area contributed by atoms with Crippen molar-refractivity contribution < 1.29 is 18.3 Å². The lowest BCUT2D eigenvalue weighted by Crippen LogP contribution is -2.30. The molecule has 0 spiro atoms. The highest BCUT2D eigenvalue weighted by molar-refractivity contribution is 5.77. The third kappa shape index (κ3) is 2.90. The number of halogens is 3. The Morgan fingerprint density at radius 2 is 1.85 bits per heavy atom. The lowest BCUT2D eigenvalue weighted by atomic mass is 9.85. The van der Waals surface area contributed by atoms with Crippen LogP contribution >= 0.6 is 0 Å². The van der Waals surface area contributed by atoms with Crippen molar-refractivity contribution >= 4 is 22.2 Å². The van der Waals surface area contributed by atoms with Gasteiger partial charge >= 0.3 is 5.69 Å². The van der Waals surface area contributed by atoms with Crippen LogP contribution in [0.1, 0.15) is 36.1 Å². The molecule has 0 fully saturated rings. The van der Waals surface area contributed by atoms with Crippen molar-refractivity contribution in [2.45, 2.75) is 25.0 Å². The summed E-state index contributed by atoms with van der Waals surface area (Å²) >= 11 is 0. The Kier molecular flexibility index (Phi) is 4.40. The molecule has 0 radical (unpaired) electrons. The fourth-order valence-corrected chi connectivity index (χ4v) is 4.78. The zero-order valence-corrected chi connectivity index (χ0v) is 17.8. The van der Waals surface area contributed by atoms with E-state index in [0.717, 1.165) is 12.1 Å². The summed E-state index contributed by atoms with van der Waals surface area (Å²) in [4.78, 5) is 26.4. The fraction of sp³-hybridized carbons (Fsp3) is 0.217. The van der Waals surface area contributed by atoms with E-state index in [1.165, 1.54) is 44.4 Å². The van der Waals surface area contributed by atoms with E-state index < -0.39 is 35.3 Å². The van der Waals surface area contributed by atoms with Gasteiger partial charge < -0.3 is 5.11 Å². The van der Waals surface area contributed by atoms with Gasteiger partial charge in [0.2, 0.25) is 5.95 Å². The highest BCUT2D eigenvalue weighted by Crippen LogP contribution is 2.40. The first-order valence-electron chi connectivity index (χ1n) is 10.6. The molecule has 1 aliphatic rings. The quantitative estimate of drug-likeness (QED) is 0.431. The molecule has 5 aromatic rings. The predicted octanol–water partition coefficient (Wildman–Crippen LogP) is 3.30. The van der Waals surface area contributed by atoms with Crippen LogP contribution in [0.25, 0.3) is 28.1 Å². The molecule has 2 atom stereocenters. The first-order chi connectivity index (χ1) is 16.3. The Morgan fingerprint density at radius 3 is 2.68 bits per heavy atom. The largest absolute Gasteiger partial charge is 0.388 e. The van der Waals surface area contributed by atoms with Crippen molar-refractivity contribution in [3.05, 3.63) is 81.9 Å². The van der Waals surface area contributed by atoms with Crippen molar-refractivity contribution in [3.63, 3.8) is 0 Å². The minimum absolute atomic E-state index is 0.0214. The van der Waals surface area contributed by atoms with Gasteiger partial charge in [0.1, 0.15) is 29.3 Å². The zero-order chi connectivity index (χ0) is 23.7. The van der Waals surface area contributed by atoms with E-state index in [4.69, 9.17) is 0 Å². The summed E-state index contributed by atoms with van der Waals surface area (Å²) in [5.41, 5.74) is 1.37. The van der Waals surface area contributed by atoms with Crippen LogP contribution in [0.5, 0.6) is 0 Å². The van der Waals surface area contributed by atoms with Crippen LogP contribution in [0.15, 0.2) is 47.7 Å². The monoisotopic (exact) mass is 466 g/mol. The van der Waals surface area contributed by atoms with Crippen molar-refractivity contribution in [1.82, 2.24) is 28.7 Å². The Balaban J connectivity index is 1.60. The molecule has 34 heavy (non-hydrogen) atoms. The van der Waals surface area contributed by atoms with Crippen molar-refractivity contribution in [3.8, 4) is 5.95 Å². The van der Waals surface area contributed by atoms with Gasteiger partial charge in [0.05, 0.1) is 29.4 Å². The van der Waals surface area contributed by atoms with Crippen molar-refractivity contribution in [2.24, 2.45) is 7.05 Å². The molecule has 0 amide bonds. The highest BCUT2D eigenvalue weighted by atomic mass is 19.1. The molecule has 0 aliphatic heterocycles. The number of aromatic nitrogens is 6. The number of benzene rings is 2. The standard InChI is InChI=1S/C23H17F3N6O2/c1-30-18-9-27-22(31-10-28-15-3-2-11(24)8-17(15)31)29-21(18)32(23(30)34)16-4-5-19(33)20-13(16)6-12(25)7-14(20)26/h2-3,6-10,16,19,33H,4-5H2,1H3. The van der Waals surface area contributed by atoms with Gasteiger partial charge in [-0.15, -0.1) is 0 Å². The number of hydrogen-bond donors (Lipinski definition) is 1. The predicted molar refractivity (Wildman–Crippen MR) is 116 cm³/mol. The van der Waals surface area contributed by atoms with E-state index in [1.54, 1.807) is 7.05 Å². The number of imidazole rings is 2. The molecular weight excluding hydrogens is 449 g/mol. The van der Waals surface area contributed by atoms with Gasteiger partial charge in [-0.2, -0.15) is 4.98 Å². The molecule has 0 saturated heterocycles. The van der Waals surface area contributed by atoms with E-state index in [0.29, 0.717) is 16.6 Å². The highest BCUT2D eigenvalue weighted by Gasteiger charge is 2.33. The van der Waals surface area contributed by atoms with E-state index >= 15 is 0 Å². The van der Waals surface area contributed by atoms with Crippen LogP contribution < -0.4 is 5.69 Å². The number of hydrogen-bond acceptors (Lipinski definition) is 5. The Hall–Kier alpha value is -3.99. The number of aliphatic hydroxyl groups is 1. The lowest BCUT2D eigenvalue weighted by molar-refractivity contribution is 0.142. The molecular formula is C23H17F3N6O2. The summed E-state index contributed by atoms with van der Waals surface area (Å²) in [5, 5.41) is 10.4. The van der Waals surface area contributed by atoms with E-state index in [-0.39, 0.29) is 35.6 Å². The first-order valence-corrected chi connectivity index (χ1v) is 10.6. The molecule has 11 heteroatoms. The molecule has 0 bridgehead atoms. The van der Waals surface area contributed by atoms with E-state index in [2.05, 4.69) is 15.0 Å². The molecule has 1 N–H and O–H groups in total. The van der Waals surface area contributed by atoms with Crippen molar-refractivity contribution in [2.75, 3.05) is 0 Å². The molecule has 3 aromatic heterocycles. The minimum Gasteiger partial charge on any atom is -0.388 e. The van der Waals surface area contributed by atoms with Crippen LogP contribution in [0.4, 0.5) is 13.2 Å². The summed E-state index contributed by atoms with van der Waals surface area (Å²) < 4.78 is 46.8. The topological polar surface area (TPSA) is 90.8 Å². The number of aliphatic hydroxyl groups excluding tert-OH is 1. The lowest BCUT2D eigenvalue weighted by Gasteiger charge is -2.30. The van der Waals surface area contributed by atoms with Gasteiger partial charge in [0.25, 0.3) is 0 Å². The van der Waals surface area contributed by atoms with E-state index in [9.17, 15) is 23.1 Å². The van der Waals surface area contributed by atoms with E-state index in [1.807, 2.05) is 0 Å². The van der Waals surface area contributed by atoms with Gasteiger partial charge in [-0.25, -0.2) is 27.9 Å². The van der Waals surface area contributed by atoms with Gasteiger partial charge in [0.15, 0.2) is 5.65 Å². The summed E-state index contributed by atoms with van der Waals surface area (Å²) in [5.74, 6) is -1.96. The number of nitrogens with zero attached hydrogens (tertiary/aromatic N) is 6. The third-order valence-corrected chi connectivity index (χ3v) is 6.39. The van der Waals surface area contributed by atoms with Crippen LogP contribution in [0, 0.1) is 17.5 Å². The van der Waals surface area contributed by atoms with Crippen LogP contribution in [-0.2, 0) is 7.05 Å². The molecule has 0 saturated carbocycles. The Morgan fingerprint density at radius 1 is 1.03 bits per heavy atom. The summed E-state index contributed by atoms with van der Waals surface area (Å²) in [7, 11) is 1.55. The molecule has 2 unspecified atom stereocenters. The first kappa shape index (κ1) is 20.6. The average Bonchev–Trinajstić information content (AvgIpc) is 3.32. The van der Waals surface area contributed by atoms with Crippen molar-refractivity contribution in [1.29, 1.82) is 0 Å². The maximum absolute atomic E-state index is 14.6. The Bertz CT molecular complexity index is 1670. The smallest absolute Gasteiger partial charge is 0.330 e. The van der Waals surface area contributed by atoms with Crippen LogP contribution in [0.3, 0.4) is 0 Å². The zero-order valence-electron chi connectivity index (χ0n) is 17.8. The van der Waals surface area contributed by atoms with Gasteiger partial charge in [-0.05, 0) is 36.6 Å². The second kappa shape index (κ2) is 7.26. The number of fused-ring (bicyclic) bond motifs is 3. The summed E-state index contributed by atoms with van der Waals surface area (Å²) in [6.45, 7) is 0. The summed E-state index contributed by atoms with van der Waals surface area (Å²) in [6, 6.07) is 5.25. The SMILES string of the molecule is Cn1c(=O)n(C2CCC(O)c3c(F)cc(F)cc32)c2nc(-n3cnc4ccc(F)cc43)ncc21. The van der Waals surface area contributed by atoms with Crippen LogP contribution in [0.2, 0.25) is 0 Å². The number of rotatable bonds is 2. The molecule has 1 aliphatic carbocycles. The second-order valence-electron chi connectivity index (χ2n) is 8.34. The normalized spacial score (nSPS) is 18.0. The average molecular weight is 466 g/mol.